The molecule has 0 radical (unpaired) electrons. The molecule has 6 heteroatoms. The van der Waals surface area contributed by atoms with Gasteiger partial charge in [0, 0.05) is 41.5 Å². The molecule has 30 heavy (non-hydrogen) atoms. The monoisotopic (exact) mass is 422 g/mol. The highest BCUT2D eigenvalue weighted by Crippen LogP contribution is 2.40. The molecule has 0 aromatic heterocycles. The molecule has 1 amide bonds. The van der Waals surface area contributed by atoms with Gasteiger partial charge in [-0.2, -0.15) is 0 Å². The van der Waals surface area contributed by atoms with Crippen molar-refractivity contribution in [3.63, 3.8) is 0 Å². The standard InChI is InChI=1S/C24H30N4OS/c1-2-3-4-10-19(25)24(29)28-16-14-27(15-17-28)23-18-9-5-7-12-21(18)30-22-13-8-6-11-20(22)26-23/h5-9,11-13,19H,2-4,10,14-17,25H2,1H3. The number of hydrogen-bond donors (Lipinski definition) is 1. The topological polar surface area (TPSA) is 61.9 Å². The van der Waals surface area contributed by atoms with Crippen molar-refractivity contribution in [1.29, 1.82) is 0 Å². The number of nitrogens with zero attached hydrogens (tertiary/aromatic N) is 3. The number of fused-ring (bicyclic) bond motifs is 2. The lowest BCUT2D eigenvalue weighted by atomic mass is 10.1. The Labute approximate surface area is 183 Å². The molecule has 2 aliphatic rings. The van der Waals surface area contributed by atoms with Crippen molar-refractivity contribution in [2.75, 3.05) is 26.2 Å². The maximum atomic E-state index is 12.7. The highest BCUT2D eigenvalue weighted by Gasteiger charge is 2.28. The predicted molar refractivity (Wildman–Crippen MR) is 123 cm³/mol. The van der Waals surface area contributed by atoms with Crippen LogP contribution < -0.4 is 5.73 Å². The number of piperazine rings is 1. The first-order valence-corrected chi connectivity index (χ1v) is 11.7. The van der Waals surface area contributed by atoms with E-state index in [9.17, 15) is 4.79 Å². The van der Waals surface area contributed by atoms with Gasteiger partial charge in [0.15, 0.2) is 0 Å². The average Bonchev–Trinajstić information content (AvgIpc) is 2.95. The Morgan fingerprint density at radius 2 is 1.73 bits per heavy atom. The number of amides is 1. The van der Waals surface area contributed by atoms with Crippen molar-refractivity contribution >= 4 is 29.2 Å². The molecule has 1 fully saturated rings. The Kier molecular flexibility index (Phi) is 6.75. The molecule has 158 valence electrons. The minimum absolute atomic E-state index is 0.0925. The minimum atomic E-state index is -0.373. The smallest absolute Gasteiger partial charge is 0.239 e. The van der Waals surface area contributed by atoms with Crippen molar-refractivity contribution in [3.05, 3.63) is 54.1 Å². The summed E-state index contributed by atoms with van der Waals surface area (Å²) in [6, 6.07) is 16.4. The molecule has 2 aromatic rings. The second-order valence-corrected chi connectivity index (χ2v) is 9.00. The summed E-state index contributed by atoms with van der Waals surface area (Å²) in [5.41, 5.74) is 8.34. The van der Waals surface area contributed by atoms with Crippen LogP contribution in [0.1, 0.15) is 38.2 Å². The molecule has 5 nitrogen and oxygen atoms in total. The van der Waals surface area contributed by atoms with Gasteiger partial charge in [-0.1, -0.05) is 68.3 Å². The molecule has 0 aliphatic carbocycles. The van der Waals surface area contributed by atoms with Crippen LogP contribution in [0.5, 0.6) is 0 Å². The fourth-order valence-electron chi connectivity index (χ4n) is 4.02. The quantitative estimate of drug-likeness (QED) is 0.731. The van der Waals surface area contributed by atoms with E-state index in [1.807, 2.05) is 11.0 Å². The largest absolute Gasteiger partial charge is 0.353 e. The van der Waals surface area contributed by atoms with Gasteiger partial charge in [-0.25, -0.2) is 4.99 Å². The molecule has 2 aromatic carbocycles. The molecule has 0 bridgehead atoms. The van der Waals surface area contributed by atoms with E-state index < -0.39 is 0 Å². The summed E-state index contributed by atoms with van der Waals surface area (Å²) in [6.07, 6.45) is 4.08. The molecule has 2 N–H and O–H groups in total. The van der Waals surface area contributed by atoms with Gasteiger partial charge in [-0.05, 0) is 24.6 Å². The minimum Gasteiger partial charge on any atom is -0.353 e. The second-order valence-electron chi connectivity index (χ2n) is 7.92. The summed E-state index contributed by atoms with van der Waals surface area (Å²) in [7, 11) is 0. The summed E-state index contributed by atoms with van der Waals surface area (Å²) in [5.74, 6) is 1.09. The van der Waals surface area contributed by atoms with Gasteiger partial charge in [0.05, 0.1) is 11.7 Å². The SMILES string of the molecule is CCCCCC(N)C(=O)N1CCN(C2=Nc3ccccc3Sc3ccccc32)CC1. The summed E-state index contributed by atoms with van der Waals surface area (Å²) in [6.45, 7) is 5.09. The van der Waals surface area contributed by atoms with Crippen molar-refractivity contribution in [2.45, 2.75) is 48.4 Å². The molecular weight excluding hydrogens is 392 g/mol. The van der Waals surface area contributed by atoms with Crippen LogP contribution >= 0.6 is 11.8 Å². The zero-order valence-electron chi connectivity index (χ0n) is 17.6. The number of nitrogens with two attached hydrogens (primary N) is 1. The van der Waals surface area contributed by atoms with Gasteiger partial charge in [0.25, 0.3) is 0 Å². The molecule has 1 unspecified atom stereocenters. The number of carbonyl (C=O) groups is 1. The lowest BCUT2D eigenvalue weighted by Gasteiger charge is -2.37. The number of unbranched alkanes of at least 4 members (excludes halogenated alkanes) is 2. The maximum absolute atomic E-state index is 12.7. The molecule has 1 atom stereocenters. The van der Waals surface area contributed by atoms with Crippen LogP contribution in [0, 0.1) is 0 Å². The van der Waals surface area contributed by atoms with Crippen LogP contribution in [0.3, 0.4) is 0 Å². The summed E-state index contributed by atoms with van der Waals surface area (Å²) in [5, 5.41) is 0. The highest BCUT2D eigenvalue weighted by atomic mass is 32.2. The molecule has 2 heterocycles. The van der Waals surface area contributed by atoms with Crippen molar-refractivity contribution in [3.8, 4) is 0 Å². The van der Waals surface area contributed by atoms with E-state index >= 15 is 0 Å². The first-order chi connectivity index (χ1) is 14.7. The Morgan fingerprint density at radius 3 is 2.50 bits per heavy atom. The summed E-state index contributed by atoms with van der Waals surface area (Å²) in [4.78, 5) is 24.4. The first kappa shape index (κ1) is 20.9. The number of benzene rings is 2. The van der Waals surface area contributed by atoms with Crippen molar-refractivity contribution in [1.82, 2.24) is 9.80 Å². The Bertz CT molecular complexity index is 921. The molecule has 0 saturated carbocycles. The van der Waals surface area contributed by atoms with Crippen LogP contribution in [0.4, 0.5) is 5.69 Å². The van der Waals surface area contributed by atoms with Crippen molar-refractivity contribution < 1.29 is 4.79 Å². The van der Waals surface area contributed by atoms with Gasteiger partial charge in [0.1, 0.15) is 5.84 Å². The molecule has 1 saturated heterocycles. The van der Waals surface area contributed by atoms with E-state index in [0.29, 0.717) is 13.1 Å². The van der Waals surface area contributed by atoms with Crippen LogP contribution in [-0.2, 0) is 4.79 Å². The zero-order chi connectivity index (χ0) is 20.9. The summed E-state index contributed by atoms with van der Waals surface area (Å²) < 4.78 is 0. The number of amidine groups is 1. The molecular formula is C24H30N4OS. The van der Waals surface area contributed by atoms with E-state index in [1.54, 1.807) is 11.8 Å². The molecule has 0 spiro atoms. The Morgan fingerprint density at radius 1 is 1.03 bits per heavy atom. The average molecular weight is 423 g/mol. The third-order valence-electron chi connectivity index (χ3n) is 5.77. The normalized spacial score (nSPS) is 16.9. The fourth-order valence-corrected chi connectivity index (χ4v) is 5.04. The van der Waals surface area contributed by atoms with E-state index in [4.69, 9.17) is 10.7 Å². The zero-order valence-corrected chi connectivity index (χ0v) is 18.4. The number of para-hydroxylation sites is 1. The number of hydrogen-bond acceptors (Lipinski definition) is 5. The second kappa shape index (κ2) is 9.67. The van der Waals surface area contributed by atoms with Crippen molar-refractivity contribution in [2.24, 2.45) is 10.7 Å². The maximum Gasteiger partial charge on any atom is 0.239 e. The van der Waals surface area contributed by atoms with E-state index in [-0.39, 0.29) is 11.9 Å². The van der Waals surface area contributed by atoms with E-state index in [0.717, 1.165) is 55.9 Å². The van der Waals surface area contributed by atoms with Gasteiger partial charge in [-0.3, -0.25) is 4.79 Å². The molecule has 4 rings (SSSR count). The third-order valence-corrected chi connectivity index (χ3v) is 6.91. The first-order valence-electron chi connectivity index (χ1n) is 10.9. The van der Waals surface area contributed by atoms with Crippen LogP contribution in [0.15, 0.2) is 63.3 Å². The van der Waals surface area contributed by atoms with Crippen LogP contribution in [-0.4, -0.2) is 53.8 Å². The van der Waals surface area contributed by atoms with Gasteiger partial charge in [-0.15, -0.1) is 0 Å². The van der Waals surface area contributed by atoms with Gasteiger partial charge < -0.3 is 15.5 Å². The Balaban J connectivity index is 1.49. The summed E-state index contributed by atoms with van der Waals surface area (Å²) >= 11 is 1.77. The van der Waals surface area contributed by atoms with E-state index in [1.165, 1.54) is 9.79 Å². The molecule has 2 aliphatic heterocycles. The van der Waals surface area contributed by atoms with Crippen LogP contribution in [0.2, 0.25) is 0 Å². The Hall–Kier alpha value is -2.31. The number of rotatable bonds is 5. The third kappa shape index (κ3) is 4.55. The fraction of sp³-hybridized carbons (Fsp3) is 0.417. The lowest BCUT2D eigenvalue weighted by molar-refractivity contribution is -0.134. The van der Waals surface area contributed by atoms with Gasteiger partial charge in [0.2, 0.25) is 5.91 Å². The lowest BCUT2D eigenvalue weighted by Crippen LogP contribution is -2.54. The van der Waals surface area contributed by atoms with Gasteiger partial charge >= 0.3 is 0 Å². The van der Waals surface area contributed by atoms with Crippen LogP contribution in [0.25, 0.3) is 0 Å². The number of carbonyl (C=O) groups excluding carboxylic acids is 1. The van der Waals surface area contributed by atoms with E-state index in [2.05, 4.69) is 54.3 Å². The predicted octanol–water partition coefficient (Wildman–Crippen LogP) is 4.28. The highest BCUT2D eigenvalue weighted by molar-refractivity contribution is 7.99. The number of aliphatic imine (C=N–C) groups is 1.